The van der Waals surface area contributed by atoms with E-state index in [0.29, 0.717) is 6.04 Å². The Morgan fingerprint density at radius 1 is 1.36 bits per heavy atom. The minimum Gasteiger partial charge on any atom is -0.469 e. The third-order valence-electron chi connectivity index (χ3n) is 3.98. The largest absolute Gasteiger partial charge is 0.469 e. The van der Waals surface area contributed by atoms with Crippen LogP contribution >= 0.6 is 24.0 Å². The second-order valence-electron chi connectivity index (χ2n) is 6.25. The lowest BCUT2D eigenvalue weighted by Gasteiger charge is -2.31. The summed E-state index contributed by atoms with van der Waals surface area (Å²) in [5.74, 6) is 1.80. The molecule has 1 unspecified atom stereocenters. The van der Waals surface area contributed by atoms with Crippen LogP contribution < -0.4 is 10.6 Å². The standard InChI is InChI=1S/C18H30N4O2.HI/c1-15(2)13-20-18(19-7-6-17-5-4-10-24-17)21-14-16(3)22-8-11-23-12-9-22;/h4-5,10,16H,1,6-9,11-14H2,2-3H3,(H2,19,20,21);1H. The quantitative estimate of drug-likeness (QED) is 0.269. The predicted molar refractivity (Wildman–Crippen MR) is 113 cm³/mol. The van der Waals surface area contributed by atoms with E-state index in [9.17, 15) is 0 Å². The van der Waals surface area contributed by atoms with Gasteiger partial charge in [0.1, 0.15) is 5.76 Å². The van der Waals surface area contributed by atoms with Crippen molar-refractivity contribution in [1.82, 2.24) is 15.5 Å². The lowest BCUT2D eigenvalue weighted by atomic mass is 10.2. The van der Waals surface area contributed by atoms with E-state index < -0.39 is 0 Å². The van der Waals surface area contributed by atoms with E-state index in [0.717, 1.165) is 69.7 Å². The number of rotatable bonds is 8. The molecule has 1 aromatic rings. The minimum absolute atomic E-state index is 0. The number of aliphatic imine (C=N–C) groups is 1. The van der Waals surface area contributed by atoms with Crippen molar-refractivity contribution in [2.24, 2.45) is 4.99 Å². The highest BCUT2D eigenvalue weighted by Gasteiger charge is 2.16. The third kappa shape index (κ3) is 8.73. The first-order valence-electron chi connectivity index (χ1n) is 8.66. The predicted octanol–water partition coefficient (Wildman–Crippen LogP) is 2.27. The van der Waals surface area contributed by atoms with Crippen LogP contribution in [0.25, 0.3) is 0 Å². The van der Waals surface area contributed by atoms with Crippen LogP contribution in [0, 0.1) is 0 Å². The van der Waals surface area contributed by atoms with Crippen LogP contribution in [0.4, 0.5) is 0 Å². The Morgan fingerprint density at radius 2 is 2.12 bits per heavy atom. The summed E-state index contributed by atoms with van der Waals surface area (Å²) in [5, 5.41) is 6.69. The maximum Gasteiger partial charge on any atom is 0.191 e. The van der Waals surface area contributed by atoms with Gasteiger partial charge in [0, 0.05) is 38.6 Å². The van der Waals surface area contributed by atoms with Crippen LogP contribution in [0.3, 0.4) is 0 Å². The Hall–Kier alpha value is -1.06. The van der Waals surface area contributed by atoms with Gasteiger partial charge < -0.3 is 19.8 Å². The van der Waals surface area contributed by atoms with Crippen LogP contribution in [-0.2, 0) is 11.2 Å². The molecule has 1 aliphatic heterocycles. The highest BCUT2D eigenvalue weighted by molar-refractivity contribution is 14.0. The van der Waals surface area contributed by atoms with Crippen molar-refractivity contribution in [3.63, 3.8) is 0 Å². The zero-order valence-corrected chi connectivity index (χ0v) is 17.6. The molecule has 142 valence electrons. The van der Waals surface area contributed by atoms with Gasteiger partial charge in [0.05, 0.1) is 26.0 Å². The van der Waals surface area contributed by atoms with E-state index >= 15 is 0 Å². The third-order valence-corrected chi connectivity index (χ3v) is 3.98. The molecule has 1 atom stereocenters. The van der Waals surface area contributed by atoms with Crippen LogP contribution in [0.15, 0.2) is 40.0 Å². The smallest absolute Gasteiger partial charge is 0.191 e. The second kappa shape index (κ2) is 12.3. The summed E-state index contributed by atoms with van der Waals surface area (Å²) in [4.78, 5) is 7.15. The molecule has 0 aliphatic carbocycles. The summed E-state index contributed by atoms with van der Waals surface area (Å²) in [6.45, 7) is 14.0. The van der Waals surface area contributed by atoms with Crippen molar-refractivity contribution in [3.05, 3.63) is 36.3 Å². The fraction of sp³-hybridized carbons (Fsp3) is 0.611. The van der Waals surface area contributed by atoms with Crippen LogP contribution in [0.2, 0.25) is 0 Å². The Balaban J connectivity index is 0.00000312. The van der Waals surface area contributed by atoms with Gasteiger partial charge in [-0.15, -0.1) is 24.0 Å². The second-order valence-corrected chi connectivity index (χ2v) is 6.25. The molecule has 2 heterocycles. The molecule has 25 heavy (non-hydrogen) atoms. The van der Waals surface area contributed by atoms with Gasteiger partial charge in [-0.05, 0) is 26.0 Å². The van der Waals surface area contributed by atoms with Gasteiger partial charge in [0.2, 0.25) is 0 Å². The van der Waals surface area contributed by atoms with E-state index in [2.05, 4.69) is 29.0 Å². The topological polar surface area (TPSA) is 62.0 Å². The molecule has 1 aromatic heterocycles. The van der Waals surface area contributed by atoms with E-state index in [4.69, 9.17) is 14.1 Å². The molecule has 0 radical (unpaired) electrons. The van der Waals surface area contributed by atoms with Gasteiger partial charge in [-0.2, -0.15) is 0 Å². The lowest BCUT2D eigenvalue weighted by molar-refractivity contribution is 0.0220. The molecule has 0 saturated carbocycles. The van der Waals surface area contributed by atoms with E-state index in [1.807, 2.05) is 19.1 Å². The van der Waals surface area contributed by atoms with Crippen LogP contribution in [-0.4, -0.2) is 62.8 Å². The first kappa shape index (κ1) is 22.0. The molecule has 6 nitrogen and oxygen atoms in total. The van der Waals surface area contributed by atoms with Gasteiger partial charge in [-0.3, -0.25) is 9.89 Å². The molecular weight excluding hydrogens is 431 g/mol. The van der Waals surface area contributed by atoms with Crippen molar-refractivity contribution in [3.8, 4) is 0 Å². The van der Waals surface area contributed by atoms with Crippen molar-refractivity contribution >= 4 is 29.9 Å². The van der Waals surface area contributed by atoms with Crippen LogP contribution in [0.5, 0.6) is 0 Å². The fourth-order valence-electron chi connectivity index (χ4n) is 2.52. The molecule has 0 amide bonds. The average Bonchev–Trinajstić information content (AvgIpc) is 3.10. The molecule has 1 fully saturated rings. The molecule has 2 N–H and O–H groups in total. The highest BCUT2D eigenvalue weighted by Crippen LogP contribution is 2.04. The first-order chi connectivity index (χ1) is 11.6. The molecule has 1 saturated heterocycles. The number of nitrogens with one attached hydrogen (secondary N) is 2. The molecule has 2 rings (SSSR count). The van der Waals surface area contributed by atoms with Crippen LogP contribution in [0.1, 0.15) is 19.6 Å². The minimum atomic E-state index is 0. The Labute approximate surface area is 168 Å². The number of guanidine groups is 1. The zero-order valence-electron chi connectivity index (χ0n) is 15.3. The fourth-order valence-corrected chi connectivity index (χ4v) is 2.52. The number of ether oxygens (including phenoxy) is 1. The summed E-state index contributed by atoms with van der Waals surface area (Å²) < 4.78 is 10.8. The summed E-state index contributed by atoms with van der Waals surface area (Å²) in [6.07, 6.45) is 2.54. The zero-order chi connectivity index (χ0) is 17.2. The SMILES string of the molecule is C=C(C)CNC(=NCC(C)N1CCOCC1)NCCc1ccco1.I. The molecule has 0 spiro atoms. The normalized spacial score (nSPS) is 16.8. The summed E-state index contributed by atoms with van der Waals surface area (Å²) in [6, 6.07) is 4.30. The van der Waals surface area contributed by atoms with Gasteiger partial charge in [0.25, 0.3) is 0 Å². The average molecular weight is 462 g/mol. The Bertz CT molecular complexity index is 513. The first-order valence-corrected chi connectivity index (χ1v) is 8.66. The molecule has 0 aromatic carbocycles. The summed E-state index contributed by atoms with van der Waals surface area (Å²) >= 11 is 0. The molecular formula is C18H31IN4O2. The number of nitrogens with zero attached hydrogens (tertiary/aromatic N) is 2. The molecule has 0 bridgehead atoms. The van der Waals surface area contributed by atoms with Crippen molar-refractivity contribution < 1.29 is 9.15 Å². The number of hydrogen-bond donors (Lipinski definition) is 2. The Kier molecular flexibility index (Phi) is 10.8. The van der Waals surface area contributed by atoms with Gasteiger partial charge in [-0.25, -0.2) is 0 Å². The van der Waals surface area contributed by atoms with Crippen molar-refractivity contribution in [1.29, 1.82) is 0 Å². The Morgan fingerprint density at radius 3 is 2.76 bits per heavy atom. The number of hydrogen-bond acceptors (Lipinski definition) is 4. The number of furan rings is 1. The molecule has 1 aliphatic rings. The molecule has 7 heteroatoms. The van der Waals surface area contributed by atoms with E-state index in [-0.39, 0.29) is 24.0 Å². The lowest BCUT2D eigenvalue weighted by Crippen LogP contribution is -2.44. The van der Waals surface area contributed by atoms with Crippen molar-refractivity contribution in [2.45, 2.75) is 26.3 Å². The summed E-state index contributed by atoms with van der Waals surface area (Å²) in [5.41, 5.74) is 1.08. The van der Waals surface area contributed by atoms with E-state index in [1.54, 1.807) is 6.26 Å². The monoisotopic (exact) mass is 462 g/mol. The summed E-state index contributed by atoms with van der Waals surface area (Å²) in [7, 11) is 0. The van der Waals surface area contributed by atoms with Gasteiger partial charge in [-0.1, -0.05) is 12.2 Å². The maximum atomic E-state index is 5.41. The van der Waals surface area contributed by atoms with E-state index in [1.165, 1.54) is 0 Å². The maximum absolute atomic E-state index is 5.41. The highest BCUT2D eigenvalue weighted by atomic mass is 127. The van der Waals surface area contributed by atoms with Gasteiger partial charge >= 0.3 is 0 Å². The van der Waals surface area contributed by atoms with Gasteiger partial charge in [0.15, 0.2) is 5.96 Å². The number of morpholine rings is 1. The van der Waals surface area contributed by atoms with Crippen molar-refractivity contribution in [2.75, 3.05) is 45.9 Å². The number of halogens is 1.